The third kappa shape index (κ3) is 3.20. The first kappa shape index (κ1) is 17.1. The zero-order valence-corrected chi connectivity index (χ0v) is 15.2. The number of fused-ring (bicyclic) bond motifs is 1. The van der Waals surface area contributed by atoms with Crippen LogP contribution in [-0.4, -0.2) is 28.9 Å². The number of rotatable bonds is 2. The van der Waals surface area contributed by atoms with Crippen LogP contribution in [0.2, 0.25) is 5.02 Å². The molecule has 0 aliphatic carbocycles. The zero-order chi connectivity index (χ0) is 18.1. The van der Waals surface area contributed by atoms with Gasteiger partial charge >= 0.3 is 0 Å². The van der Waals surface area contributed by atoms with Crippen LogP contribution >= 0.6 is 11.6 Å². The molecular formula is C20H21ClN4O. The zero-order valence-electron chi connectivity index (χ0n) is 14.4. The predicted molar refractivity (Wildman–Crippen MR) is 106 cm³/mol. The van der Waals surface area contributed by atoms with Crippen LogP contribution in [0.15, 0.2) is 53.3 Å². The van der Waals surface area contributed by atoms with E-state index in [1.807, 2.05) is 36.4 Å². The van der Waals surface area contributed by atoms with Gasteiger partial charge in [-0.05, 0) is 43.2 Å². The maximum absolute atomic E-state index is 13.0. The topological polar surface area (TPSA) is 64.2 Å². The van der Waals surface area contributed by atoms with Gasteiger partial charge in [0.1, 0.15) is 0 Å². The Hall–Kier alpha value is -2.37. The van der Waals surface area contributed by atoms with Crippen LogP contribution in [0.3, 0.4) is 0 Å². The maximum Gasteiger partial charge on any atom is 0.279 e. The van der Waals surface area contributed by atoms with E-state index in [-0.39, 0.29) is 11.6 Å². The molecule has 0 spiro atoms. The first-order chi connectivity index (χ1) is 12.6. The fourth-order valence-electron chi connectivity index (χ4n) is 3.53. The van der Waals surface area contributed by atoms with Crippen molar-refractivity contribution in [1.29, 1.82) is 0 Å². The molecule has 134 valence electrons. The summed E-state index contributed by atoms with van der Waals surface area (Å²) >= 11 is 5.99. The van der Waals surface area contributed by atoms with Crippen molar-refractivity contribution in [3.63, 3.8) is 0 Å². The number of hydrogen-bond acceptors (Lipinski definition) is 4. The highest BCUT2D eigenvalue weighted by atomic mass is 35.5. The van der Waals surface area contributed by atoms with Crippen LogP contribution in [0.1, 0.15) is 19.3 Å². The third-order valence-corrected chi connectivity index (χ3v) is 5.12. The molecule has 6 heteroatoms. The number of aromatic nitrogens is 2. The van der Waals surface area contributed by atoms with E-state index < -0.39 is 0 Å². The van der Waals surface area contributed by atoms with Crippen molar-refractivity contribution >= 4 is 28.2 Å². The van der Waals surface area contributed by atoms with Crippen molar-refractivity contribution in [2.45, 2.75) is 25.3 Å². The molecule has 1 aromatic heterocycles. The molecule has 1 fully saturated rings. The molecule has 1 unspecified atom stereocenters. The molecule has 2 N–H and O–H groups in total. The Bertz CT molecular complexity index is 983. The van der Waals surface area contributed by atoms with Gasteiger partial charge in [-0.25, -0.2) is 0 Å². The van der Waals surface area contributed by atoms with E-state index in [0.717, 1.165) is 43.6 Å². The van der Waals surface area contributed by atoms with Gasteiger partial charge in [-0.2, -0.15) is 4.68 Å². The molecule has 3 aromatic rings. The van der Waals surface area contributed by atoms with E-state index >= 15 is 0 Å². The highest BCUT2D eigenvalue weighted by molar-refractivity contribution is 6.30. The Morgan fingerprint density at radius 1 is 1.04 bits per heavy atom. The number of halogens is 1. The van der Waals surface area contributed by atoms with Gasteiger partial charge in [0.2, 0.25) is 0 Å². The summed E-state index contributed by atoms with van der Waals surface area (Å²) < 4.78 is 1.46. The second-order valence-corrected chi connectivity index (χ2v) is 7.20. The maximum atomic E-state index is 13.0. The van der Waals surface area contributed by atoms with Gasteiger partial charge in [0.25, 0.3) is 5.56 Å². The highest BCUT2D eigenvalue weighted by Crippen LogP contribution is 2.25. The van der Waals surface area contributed by atoms with Crippen LogP contribution in [0.5, 0.6) is 0 Å². The summed E-state index contributed by atoms with van der Waals surface area (Å²) in [6, 6.07) is 14.9. The Morgan fingerprint density at radius 3 is 2.54 bits per heavy atom. The van der Waals surface area contributed by atoms with Crippen molar-refractivity contribution in [2.75, 3.05) is 18.0 Å². The van der Waals surface area contributed by atoms with Gasteiger partial charge in [-0.15, -0.1) is 5.10 Å². The summed E-state index contributed by atoms with van der Waals surface area (Å²) in [5.74, 6) is 0.813. The minimum atomic E-state index is -0.134. The molecule has 1 aliphatic rings. The minimum Gasteiger partial charge on any atom is -0.353 e. The standard InChI is InChI=1S/C20H21ClN4O/c21-14-8-10-16(11-9-14)25-20(26)18-7-2-1-6-17(18)19(23-25)24-12-4-3-5-15(22)13-24/h1-2,6-11,15H,3-5,12-13,22H2. The first-order valence-electron chi connectivity index (χ1n) is 8.92. The second kappa shape index (κ2) is 7.09. The van der Waals surface area contributed by atoms with Crippen molar-refractivity contribution in [2.24, 2.45) is 5.73 Å². The van der Waals surface area contributed by atoms with E-state index in [0.29, 0.717) is 16.1 Å². The quantitative estimate of drug-likeness (QED) is 0.753. The van der Waals surface area contributed by atoms with Crippen LogP contribution in [-0.2, 0) is 0 Å². The van der Waals surface area contributed by atoms with Crippen LogP contribution in [0.4, 0.5) is 5.82 Å². The molecule has 0 amide bonds. The van der Waals surface area contributed by atoms with Gasteiger partial charge < -0.3 is 10.6 Å². The Labute approximate surface area is 157 Å². The average Bonchev–Trinajstić information content (AvgIpc) is 2.88. The number of hydrogen-bond donors (Lipinski definition) is 1. The lowest BCUT2D eigenvalue weighted by atomic mass is 10.1. The van der Waals surface area contributed by atoms with Crippen LogP contribution in [0, 0.1) is 0 Å². The molecule has 26 heavy (non-hydrogen) atoms. The van der Waals surface area contributed by atoms with E-state index in [1.165, 1.54) is 4.68 Å². The third-order valence-electron chi connectivity index (χ3n) is 4.86. The lowest BCUT2D eigenvalue weighted by Gasteiger charge is -2.25. The Morgan fingerprint density at radius 2 is 1.77 bits per heavy atom. The van der Waals surface area contributed by atoms with Crippen LogP contribution < -0.4 is 16.2 Å². The van der Waals surface area contributed by atoms with Gasteiger partial charge in [0.15, 0.2) is 5.82 Å². The molecule has 5 nitrogen and oxygen atoms in total. The largest absolute Gasteiger partial charge is 0.353 e. The summed E-state index contributed by atoms with van der Waals surface area (Å²) in [6.07, 6.45) is 3.21. The van der Waals surface area contributed by atoms with Crippen molar-refractivity contribution in [3.05, 3.63) is 63.9 Å². The highest BCUT2D eigenvalue weighted by Gasteiger charge is 2.21. The van der Waals surface area contributed by atoms with E-state index in [9.17, 15) is 4.79 Å². The fourth-order valence-corrected chi connectivity index (χ4v) is 3.66. The number of benzene rings is 2. The molecule has 1 atom stereocenters. The Kier molecular flexibility index (Phi) is 4.66. The molecule has 2 heterocycles. The second-order valence-electron chi connectivity index (χ2n) is 6.76. The molecule has 4 rings (SSSR count). The van der Waals surface area contributed by atoms with Gasteiger partial charge in [-0.1, -0.05) is 36.2 Å². The van der Waals surface area contributed by atoms with Gasteiger partial charge in [-0.3, -0.25) is 4.79 Å². The van der Waals surface area contributed by atoms with Crippen molar-refractivity contribution in [3.8, 4) is 5.69 Å². The van der Waals surface area contributed by atoms with Gasteiger partial charge in [0, 0.05) is 29.5 Å². The van der Waals surface area contributed by atoms with E-state index in [4.69, 9.17) is 22.4 Å². The molecular weight excluding hydrogens is 348 g/mol. The number of anilines is 1. The summed E-state index contributed by atoms with van der Waals surface area (Å²) in [6.45, 7) is 1.64. The summed E-state index contributed by atoms with van der Waals surface area (Å²) in [5.41, 5.74) is 6.82. The Balaban J connectivity index is 1.92. The summed E-state index contributed by atoms with van der Waals surface area (Å²) in [4.78, 5) is 15.2. The minimum absolute atomic E-state index is 0.119. The lowest BCUT2D eigenvalue weighted by molar-refractivity contribution is 0.618. The normalized spacial score (nSPS) is 18.1. The fraction of sp³-hybridized carbons (Fsp3) is 0.300. The molecule has 1 saturated heterocycles. The van der Waals surface area contributed by atoms with Gasteiger partial charge in [0.05, 0.1) is 11.1 Å². The molecule has 2 aromatic carbocycles. The summed E-state index contributed by atoms with van der Waals surface area (Å²) in [7, 11) is 0. The lowest BCUT2D eigenvalue weighted by Crippen LogP contribution is -2.37. The number of nitrogens with two attached hydrogens (primary N) is 1. The molecule has 0 radical (unpaired) electrons. The first-order valence-corrected chi connectivity index (χ1v) is 9.30. The molecule has 0 saturated carbocycles. The molecule has 1 aliphatic heterocycles. The SMILES string of the molecule is NC1CCCCN(c2nn(-c3ccc(Cl)cc3)c(=O)c3ccccc23)C1. The van der Waals surface area contributed by atoms with Crippen molar-refractivity contribution < 1.29 is 0 Å². The van der Waals surface area contributed by atoms with E-state index in [1.54, 1.807) is 12.1 Å². The molecule has 0 bridgehead atoms. The smallest absolute Gasteiger partial charge is 0.279 e. The number of nitrogens with zero attached hydrogens (tertiary/aromatic N) is 3. The van der Waals surface area contributed by atoms with Crippen LogP contribution in [0.25, 0.3) is 16.5 Å². The van der Waals surface area contributed by atoms with Crippen molar-refractivity contribution in [1.82, 2.24) is 9.78 Å². The monoisotopic (exact) mass is 368 g/mol. The summed E-state index contributed by atoms with van der Waals surface area (Å²) in [5, 5.41) is 6.89. The average molecular weight is 369 g/mol. The van der Waals surface area contributed by atoms with E-state index in [2.05, 4.69) is 4.90 Å². The predicted octanol–water partition coefficient (Wildman–Crippen LogP) is 3.36.